The highest BCUT2D eigenvalue weighted by Gasteiger charge is 2.02. The highest BCUT2D eigenvalue weighted by molar-refractivity contribution is 5.34. The predicted octanol–water partition coefficient (Wildman–Crippen LogP) is 3.04. The molecule has 0 amide bonds. The number of pyridine rings is 1. The van der Waals surface area contributed by atoms with Crippen molar-refractivity contribution < 1.29 is 9.13 Å². The highest BCUT2D eigenvalue weighted by Crippen LogP contribution is 2.23. The molecule has 0 fully saturated rings. The highest BCUT2D eigenvalue weighted by atomic mass is 19.1. The summed E-state index contributed by atoms with van der Waals surface area (Å²) < 4.78 is 18.8. The molecule has 1 heterocycles. The number of ether oxygens (including phenoxy) is 1. The number of nitrogens with one attached hydrogen (secondary N) is 1. The van der Waals surface area contributed by atoms with Gasteiger partial charge in [-0.05, 0) is 43.8 Å². The van der Waals surface area contributed by atoms with Crippen LogP contribution in [0.25, 0.3) is 0 Å². The van der Waals surface area contributed by atoms with Gasteiger partial charge < -0.3 is 10.1 Å². The summed E-state index contributed by atoms with van der Waals surface area (Å²) in [5.41, 5.74) is 1.46. The van der Waals surface area contributed by atoms with Crippen LogP contribution in [0.4, 0.5) is 4.39 Å². The van der Waals surface area contributed by atoms with E-state index in [2.05, 4.69) is 10.3 Å². The lowest BCUT2D eigenvalue weighted by atomic mass is 10.2. The Kier molecular flexibility index (Phi) is 3.89. The Hall–Kier alpha value is -1.94. The maximum Gasteiger partial charge on any atom is 0.130 e. The van der Waals surface area contributed by atoms with Gasteiger partial charge in [0.15, 0.2) is 0 Å². The van der Waals surface area contributed by atoms with E-state index in [-0.39, 0.29) is 5.82 Å². The molecule has 0 aliphatic carbocycles. The van der Waals surface area contributed by atoms with Crippen molar-refractivity contribution in [3.05, 3.63) is 53.6 Å². The van der Waals surface area contributed by atoms with E-state index in [1.165, 1.54) is 6.07 Å². The lowest BCUT2D eigenvalue weighted by Gasteiger charge is -2.08. The van der Waals surface area contributed by atoms with E-state index in [0.29, 0.717) is 23.6 Å². The predicted molar refractivity (Wildman–Crippen MR) is 68.2 cm³/mol. The first-order valence-corrected chi connectivity index (χ1v) is 5.72. The van der Waals surface area contributed by atoms with Crippen molar-refractivity contribution in [2.75, 3.05) is 7.05 Å². The van der Waals surface area contributed by atoms with E-state index >= 15 is 0 Å². The third-order valence-corrected chi connectivity index (χ3v) is 2.51. The zero-order valence-corrected chi connectivity index (χ0v) is 10.4. The fraction of sp³-hybridized carbons (Fsp3) is 0.214. The van der Waals surface area contributed by atoms with E-state index < -0.39 is 0 Å². The molecule has 0 spiro atoms. The molecule has 0 aliphatic heterocycles. The standard InChI is InChI=1S/C14H15FN2O/c1-10-7-12(3-4-14(10)15)18-13-5-6-17-11(8-13)9-16-2/h3-8,16H,9H2,1-2H3. The average Bonchev–Trinajstić information content (AvgIpc) is 2.35. The molecule has 18 heavy (non-hydrogen) atoms. The van der Waals surface area contributed by atoms with Gasteiger partial charge in [0.2, 0.25) is 0 Å². The van der Waals surface area contributed by atoms with Crippen LogP contribution in [0, 0.1) is 12.7 Å². The molecule has 1 aromatic carbocycles. The number of nitrogens with zero attached hydrogens (tertiary/aromatic N) is 1. The molecule has 0 radical (unpaired) electrons. The number of hydrogen-bond acceptors (Lipinski definition) is 3. The second-order valence-electron chi connectivity index (χ2n) is 4.03. The minimum Gasteiger partial charge on any atom is -0.457 e. The molecule has 0 aliphatic rings. The third kappa shape index (κ3) is 3.05. The molecular formula is C14H15FN2O. The summed E-state index contributed by atoms with van der Waals surface area (Å²) >= 11 is 0. The van der Waals surface area contributed by atoms with Gasteiger partial charge in [-0.1, -0.05) is 0 Å². The molecule has 0 saturated carbocycles. The molecule has 0 atom stereocenters. The Morgan fingerprint density at radius 1 is 1.22 bits per heavy atom. The van der Waals surface area contributed by atoms with Gasteiger partial charge in [-0.2, -0.15) is 0 Å². The number of rotatable bonds is 4. The molecule has 4 heteroatoms. The molecule has 1 aromatic heterocycles. The summed E-state index contributed by atoms with van der Waals surface area (Å²) in [7, 11) is 1.86. The van der Waals surface area contributed by atoms with Gasteiger partial charge in [0.1, 0.15) is 17.3 Å². The molecule has 0 bridgehead atoms. The maximum absolute atomic E-state index is 13.1. The molecule has 94 valence electrons. The van der Waals surface area contributed by atoms with E-state index in [4.69, 9.17) is 4.74 Å². The Labute approximate surface area is 106 Å². The average molecular weight is 246 g/mol. The number of aryl methyl sites for hydroxylation is 1. The van der Waals surface area contributed by atoms with Crippen LogP contribution < -0.4 is 10.1 Å². The molecule has 0 saturated heterocycles. The van der Waals surface area contributed by atoms with Gasteiger partial charge in [-0.15, -0.1) is 0 Å². The lowest BCUT2D eigenvalue weighted by Crippen LogP contribution is -2.06. The molecular weight excluding hydrogens is 231 g/mol. The first-order chi connectivity index (χ1) is 8.69. The van der Waals surface area contributed by atoms with Gasteiger partial charge in [-0.25, -0.2) is 4.39 Å². The second-order valence-corrected chi connectivity index (χ2v) is 4.03. The van der Waals surface area contributed by atoms with Crippen LogP contribution in [0.1, 0.15) is 11.3 Å². The number of halogens is 1. The zero-order valence-electron chi connectivity index (χ0n) is 10.4. The lowest BCUT2D eigenvalue weighted by molar-refractivity contribution is 0.477. The zero-order chi connectivity index (χ0) is 13.0. The van der Waals surface area contributed by atoms with Crippen molar-refractivity contribution in [2.24, 2.45) is 0 Å². The number of hydrogen-bond donors (Lipinski definition) is 1. The molecule has 2 rings (SSSR count). The Morgan fingerprint density at radius 2 is 2.00 bits per heavy atom. The summed E-state index contributed by atoms with van der Waals surface area (Å²) in [5, 5.41) is 3.02. The van der Waals surface area contributed by atoms with Crippen molar-refractivity contribution in [3.8, 4) is 11.5 Å². The molecule has 3 nitrogen and oxygen atoms in total. The third-order valence-electron chi connectivity index (χ3n) is 2.51. The van der Waals surface area contributed by atoms with Crippen LogP contribution in [0.2, 0.25) is 0 Å². The van der Waals surface area contributed by atoms with Crippen LogP contribution in [-0.4, -0.2) is 12.0 Å². The topological polar surface area (TPSA) is 34.1 Å². The summed E-state index contributed by atoms with van der Waals surface area (Å²) in [6, 6.07) is 8.32. The Morgan fingerprint density at radius 3 is 2.72 bits per heavy atom. The van der Waals surface area contributed by atoms with Gasteiger partial charge in [0.25, 0.3) is 0 Å². The van der Waals surface area contributed by atoms with Gasteiger partial charge in [-0.3, -0.25) is 4.98 Å². The van der Waals surface area contributed by atoms with Gasteiger partial charge >= 0.3 is 0 Å². The fourth-order valence-electron chi connectivity index (χ4n) is 1.61. The first kappa shape index (κ1) is 12.5. The Balaban J connectivity index is 2.17. The summed E-state index contributed by atoms with van der Waals surface area (Å²) in [6.07, 6.45) is 1.69. The number of aromatic nitrogens is 1. The number of benzene rings is 1. The summed E-state index contributed by atoms with van der Waals surface area (Å²) in [6.45, 7) is 2.39. The van der Waals surface area contributed by atoms with Crippen LogP contribution in [-0.2, 0) is 6.54 Å². The van der Waals surface area contributed by atoms with Crippen molar-refractivity contribution >= 4 is 0 Å². The van der Waals surface area contributed by atoms with E-state index in [0.717, 1.165) is 5.69 Å². The fourth-order valence-corrected chi connectivity index (χ4v) is 1.61. The molecule has 0 unspecified atom stereocenters. The van der Waals surface area contributed by atoms with Crippen molar-refractivity contribution in [1.82, 2.24) is 10.3 Å². The van der Waals surface area contributed by atoms with E-state index in [1.807, 2.05) is 13.1 Å². The second kappa shape index (κ2) is 5.60. The first-order valence-electron chi connectivity index (χ1n) is 5.72. The van der Waals surface area contributed by atoms with Gasteiger partial charge in [0, 0.05) is 18.8 Å². The van der Waals surface area contributed by atoms with E-state index in [9.17, 15) is 4.39 Å². The quantitative estimate of drug-likeness (QED) is 0.900. The normalized spacial score (nSPS) is 10.4. The van der Waals surface area contributed by atoms with Gasteiger partial charge in [0.05, 0.1) is 5.69 Å². The van der Waals surface area contributed by atoms with Crippen LogP contribution in [0.5, 0.6) is 11.5 Å². The largest absolute Gasteiger partial charge is 0.457 e. The van der Waals surface area contributed by atoms with Crippen molar-refractivity contribution in [3.63, 3.8) is 0 Å². The Bertz CT molecular complexity index is 543. The van der Waals surface area contributed by atoms with Crippen LogP contribution in [0.15, 0.2) is 36.5 Å². The summed E-state index contributed by atoms with van der Waals surface area (Å²) in [4.78, 5) is 4.20. The summed E-state index contributed by atoms with van der Waals surface area (Å²) in [5.74, 6) is 1.09. The van der Waals surface area contributed by atoms with Crippen LogP contribution >= 0.6 is 0 Å². The minimum absolute atomic E-state index is 0.229. The smallest absolute Gasteiger partial charge is 0.130 e. The minimum atomic E-state index is -0.229. The van der Waals surface area contributed by atoms with Crippen molar-refractivity contribution in [2.45, 2.75) is 13.5 Å². The maximum atomic E-state index is 13.1. The van der Waals surface area contributed by atoms with Crippen molar-refractivity contribution in [1.29, 1.82) is 0 Å². The monoisotopic (exact) mass is 246 g/mol. The molecule has 1 N–H and O–H groups in total. The molecule has 2 aromatic rings. The van der Waals surface area contributed by atoms with E-state index in [1.54, 1.807) is 31.3 Å². The SMILES string of the molecule is CNCc1cc(Oc2ccc(F)c(C)c2)ccn1. The van der Waals surface area contributed by atoms with Crippen LogP contribution in [0.3, 0.4) is 0 Å².